The van der Waals surface area contributed by atoms with Crippen molar-refractivity contribution in [3.05, 3.63) is 0 Å². The summed E-state index contributed by atoms with van der Waals surface area (Å²) in [5.41, 5.74) is -0.550. The highest BCUT2D eigenvalue weighted by atomic mass is 16.5. The van der Waals surface area contributed by atoms with Gasteiger partial charge in [-0.1, -0.05) is 20.8 Å². The van der Waals surface area contributed by atoms with Crippen molar-refractivity contribution < 1.29 is 19.4 Å². The lowest BCUT2D eigenvalue weighted by Crippen LogP contribution is -2.55. The molecule has 0 aromatic heterocycles. The fourth-order valence-electron chi connectivity index (χ4n) is 1.64. The fourth-order valence-corrected chi connectivity index (χ4v) is 1.64. The Bertz CT molecular complexity index is 310. The number of hydrogen-bond acceptors (Lipinski definition) is 3. The molecule has 0 unspecified atom stereocenters. The second-order valence-corrected chi connectivity index (χ2v) is 5.87. The van der Waals surface area contributed by atoms with E-state index in [1.807, 2.05) is 13.8 Å². The van der Waals surface area contributed by atoms with Gasteiger partial charge in [-0.25, -0.2) is 9.59 Å². The third kappa shape index (κ3) is 5.92. The van der Waals surface area contributed by atoms with E-state index in [0.717, 1.165) is 0 Å². The van der Waals surface area contributed by atoms with Crippen LogP contribution in [-0.4, -0.2) is 54.4 Å². The van der Waals surface area contributed by atoms with Crippen molar-refractivity contribution in [2.24, 2.45) is 5.41 Å². The number of carbonyl (C=O) groups is 2. The maximum atomic E-state index is 12.1. The van der Waals surface area contributed by atoms with Crippen LogP contribution < -0.4 is 5.32 Å². The molecule has 112 valence electrons. The van der Waals surface area contributed by atoms with E-state index in [2.05, 4.69) is 5.32 Å². The third-order valence-corrected chi connectivity index (χ3v) is 2.80. The number of methoxy groups -OCH3 is 1. The van der Waals surface area contributed by atoms with Gasteiger partial charge in [0.05, 0.1) is 6.61 Å². The minimum Gasteiger partial charge on any atom is -0.480 e. The monoisotopic (exact) mass is 274 g/mol. The molecule has 0 aliphatic carbocycles. The number of urea groups is 1. The number of carboxylic acid groups (broad SMARTS) is 1. The quantitative estimate of drug-likeness (QED) is 0.770. The van der Waals surface area contributed by atoms with E-state index in [1.165, 1.54) is 0 Å². The maximum Gasteiger partial charge on any atom is 0.326 e. The third-order valence-electron chi connectivity index (χ3n) is 2.80. The van der Waals surface area contributed by atoms with Crippen molar-refractivity contribution in [1.29, 1.82) is 0 Å². The molecular formula is C13H26N2O4. The molecule has 0 saturated carbocycles. The lowest BCUT2D eigenvalue weighted by molar-refractivity contribution is -0.142. The Labute approximate surface area is 115 Å². The Morgan fingerprint density at radius 3 is 2.16 bits per heavy atom. The molecule has 0 bridgehead atoms. The van der Waals surface area contributed by atoms with E-state index in [4.69, 9.17) is 4.74 Å². The Balaban J connectivity index is 4.81. The molecule has 0 aromatic carbocycles. The normalized spacial score (nSPS) is 13.2. The van der Waals surface area contributed by atoms with Crippen molar-refractivity contribution in [3.8, 4) is 0 Å². The van der Waals surface area contributed by atoms with Crippen LogP contribution in [0.25, 0.3) is 0 Å². The van der Waals surface area contributed by atoms with Crippen molar-refractivity contribution in [3.63, 3.8) is 0 Å². The van der Waals surface area contributed by atoms with Gasteiger partial charge >= 0.3 is 12.0 Å². The van der Waals surface area contributed by atoms with Gasteiger partial charge in [0.2, 0.25) is 0 Å². The zero-order valence-corrected chi connectivity index (χ0v) is 12.7. The molecule has 0 aliphatic heterocycles. The molecule has 0 rings (SSSR count). The van der Waals surface area contributed by atoms with Gasteiger partial charge in [-0.15, -0.1) is 0 Å². The summed E-state index contributed by atoms with van der Waals surface area (Å²) < 4.78 is 4.95. The Morgan fingerprint density at radius 1 is 1.32 bits per heavy atom. The number of carboxylic acids is 1. The van der Waals surface area contributed by atoms with Gasteiger partial charge in [0.1, 0.15) is 6.04 Å². The Morgan fingerprint density at radius 2 is 1.84 bits per heavy atom. The molecule has 0 radical (unpaired) electrons. The summed E-state index contributed by atoms with van der Waals surface area (Å²) >= 11 is 0. The smallest absolute Gasteiger partial charge is 0.326 e. The van der Waals surface area contributed by atoms with Crippen LogP contribution in [0.15, 0.2) is 0 Å². The van der Waals surface area contributed by atoms with Crippen LogP contribution in [0.5, 0.6) is 0 Å². The largest absolute Gasteiger partial charge is 0.480 e. The minimum atomic E-state index is -1.03. The fraction of sp³-hybridized carbons (Fsp3) is 0.846. The molecule has 0 aromatic rings. The van der Waals surface area contributed by atoms with Gasteiger partial charge < -0.3 is 20.1 Å². The standard InChI is InChI=1S/C13H26N2O4/c1-9(2)15(7-8-19-6)12(18)14-10(11(16)17)13(3,4)5/h9-10H,7-8H2,1-6H3,(H,14,18)(H,16,17)/t10-/m1/s1. The van der Waals surface area contributed by atoms with Gasteiger partial charge in [-0.3, -0.25) is 0 Å². The zero-order valence-electron chi connectivity index (χ0n) is 12.7. The van der Waals surface area contributed by atoms with E-state index in [9.17, 15) is 14.7 Å². The van der Waals surface area contributed by atoms with Gasteiger partial charge in [-0.2, -0.15) is 0 Å². The van der Waals surface area contributed by atoms with Gasteiger partial charge in [-0.05, 0) is 19.3 Å². The topological polar surface area (TPSA) is 78.9 Å². The van der Waals surface area contributed by atoms with Crippen molar-refractivity contribution in [1.82, 2.24) is 10.2 Å². The lowest BCUT2D eigenvalue weighted by atomic mass is 9.87. The van der Waals surface area contributed by atoms with Crippen molar-refractivity contribution in [2.75, 3.05) is 20.3 Å². The average molecular weight is 274 g/mol. The number of carbonyl (C=O) groups excluding carboxylic acids is 1. The second kappa shape index (κ2) is 7.33. The molecule has 0 fully saturated rings. The number of aliphatic carboxylic acids is 1. The highest BCUT2D eigenvalue weighted by molar-refractivity contribution is 5.83. The number of amides is 2. The molecule has 19 heavy (non-hydrogen) atoms. The van der Waals surface area contributed by atoms with Gasteiger partial charge in [0.15, 0.2) is 0 Å². The molecule has 1 atom stereocenters. The molecule has 0 heterocycles. The number of nitrogens with zero attached hydrogens (tertiary/aromatic N) is 1. The second-order valence-electron chi connectivity index (χ2n) is 5.87. The first-order chi connectivity index (χ1) is 8.61. The summed E-state index contributed by atoms with van der Waals surface area (Å²) in [6, 6.07) is -1.33. The predicted octanol–water partition coefficient (Wildman–Crippen LogP) is 1.55. The van der Waals surface area contributed by atoms with Crippen LogP contribution in [-0.2, 0) is 9.53 Å². The molecule has 2 N–H and O–H groups in total. The van der Waals surface area contributed by atoms with Crippen LogP contribution >= 0.6 is 0 Å². The summed E-state index contributed by atoms with van der Waals surface area (Å²) in [4.78, 5) is 24.9. The van der Waals surface area contributed by atoms with Gasteiger partial charge in [0.25, 0.3) is 0 Å². The van der Waals surface area contributed by atoms with Crippen molar-refractivity contribution >= 4 is 12.0 Å². The highest BCUT2D eigenvalue weighted by Crippen LogP contribution is 2.19. The van der Waals surface area contributed by atoms with Crippen LogP contribution in [0.3, 0.4) is 0 Å². The average Bonchev–Trinajstić information content (AvgIpc) is 2.23. The summed E-state index contributed by atoms with van der Waals surface area (Å²) in [6.45, 7) is 9.93. The van der Waals surface area contributed by atoms with E-state index in [0.29, 0.717) is 13.2 Å². The molecule has 6 heteroatoms. The number of hydrogen-bond donors (Lipinski definition) is 2. The molecular weight excluding hydrogens is 248 g/mol. The van der Waals surface area contributed by atoms with Crippen molar-refractivity contribution in [2.45, 2.75) is 46.7 Å². The first-order valence-corrected chi connectivity index (χ1v) is 6.40. The molecule has 0 saturated heterocycles. The zero-order chi connectivity index (χ0) is 15.2. The highest BCUT2D eigenvalue weighted by Gasteiger charge is 2.34. The summed E-state index contributed by atoms with van der Waals surface area (Å²) in [7, 11) is 1.56. The molecule has 0 spiro atoms. The van der Waals surface area contributed by atoms with Crippen LogP contribution in [0, 0.1) is 5.41 Å². The maximum absolute atomic E-state index is 12.1. The summed E-state index contributed by atoms with van der Waals surface area (Å²) in [6.07, 6.45) is 0. The molecule has 0 aliphatic rings. The number of ether oxygens (including phenoxy) is 1. The van der Waals surface area contributed by atoms with E-state index < -0.39 is 17.4 Å². The lowest BCUT2D eigenvalue weighted by Gasteiger charge is -2.32. The number of nitrogens with one attached hydrogen (secondary N) is 1. The van der Waals surface area contributed by atoms with Crippen LogP contribution in [0.4, 0.5) is 4.79 Å². The van der Waals surface area contributed by atoms with Crippen LogP contribution in [0.2, 0.25) is 0 Å². The van der Waals surface area contributed by atoms with E-state index >= 15 is 0 Å². The summed E-state index contributed by atoms with van der Waals surface area (Å²) in [5.74, 6) is -1.03. The first-order valence-electron chi connectivity index (χ1n) is 6.40. The van der Waals surface area contributed by atoms with Crippen LogP contribution in [0.1, 0.15) is 34.6 Å². The van der Waals surface area contributed by atoms with E-state index in [-0.39, 0.29) is 12.1 Å². The van der Waals surface area contributed by atoms with Gasteiger partial charge in [0, 0.05) is 19.7 Å². The molecule has 6 nitrogen and oxygen atoms in total. The Kier molecular flexibility index (Phi) is 6.83. The first kappa shape index (κ1) is 17.7. The summed E-state index contributed by atoms with van der Waals surface area (Å²) in [5, 5.41) is 11.8. The predicted molar refractivity (Wildman–Crippen MR) is 73.1 cm³/mol. The Hall–Kier alpha value is -1.30. The SMILES string of the molecule is COCCN(C(=O)N[C@H](C(=O)O)C(C)(C)C)C(C)C. The minimum absolute atomic E-state index is 0.0236. The van der Waals surface area contributed by atoms with E-state index in [1.54, 1.807) is 32.8 Å². The molecule has 2 amide bonds. The number of rotatable bonds is 6.